The first-order valence-corrected chi connectivity index (χ1v) is 11.1. The summed E-state index contributed by atoms with van der Waals surface area (Å²) in [5.41, 5.74) is 16.1. The lowest BCUT2D eigenvalue weighted by molar-refractivity contribution is -0.144. The predicted octanol–water partition coefficient (Wildman–Crippen LogP) is -3.41. The topological polar surface area (TPSA) is 294 Å². The van der Waals surface area contributed by atoms with Crippen molar-refractivity contribution in [2.75, 3.05) is 6.54 Å². The van der Waals surface area contributed by atoms with Gasteiger partial charge in [-0.3, -0.25) is 28.8 Å². The van der Waals surface area contributed by atoms with E-state index in [0.29, 0.717) is 12.8 Å². The number of carboxylic acid groups (broad SMARTS) is 3. The molecule has 204 valence electrons. The van der Waals surface area contributed by atoms with Gasteiger partial charge in [-0.05, 0) is 38.6 Å². The molecule has 0 radical (unpaired) electrons. The number of carbonyl (C=O) groups is 7. The molecule has 16 heteroatoms. The summed E-state index contributed by atoms with van der Waals surface area (Å²) in [6, 6.07) is -5.81. The molecule has 12 N–H and O–H groups in total. The van der Waals surface area contributed by atoms with E-state index >= 15 is 0 Å². The van der Waals surface area contributed by atoms with E-state index in [4.69, 9.17) is 27.4 Å². The Morgan fingerprint density at radius 3 is 1.72 bits per heavy atom. The van der Waals surface area contributed by atoms with Crippen molar-refractivity contribution in [3.63, 3.8) is 0 Å². The molecule has 0 aliphatic carbocycles. The smallest absolute Gasteiger partial charge is 0.326 e. The maximum atomic E-state index is 12.9. The number of unbranched alkanes of at least 4 members (excludes halogenated alkanes) is 1. The number of rotatable bonds is 19. The van der Waals surface area contributed by atoms with Crippen molar-refractivity contribution in [3.8, 4) is 0 Å². The van der Waals surface area contributed by atoms with Crippen LogP contribution in [0.2, 0.25) is 0 Å². The molecule has 0 saturated heterocycles. The number of carboxylic acids is 3. The fraction of sp³-hybridized carbons (Fsp3) is 0.650. The number of amides is 4. The van der Waals surface area contributed by atoms with Crippen molar-refractivity contribution in [1.29, 1.82) is 0 Å². The monoisotopic (exact) mass is 518 g/mol. The fourth-order valence-electron chi connectivity index (χ4n) is 2.92. The summed E-state index contributed by atoms with van der Waals surface area (Å²) in [5.74, 6) is -7.91. The Labute approximate surface area is 206 Å². The van der Waals surface area contributed by atoms with E-state index in [0.717, 1.165) is 0 Å². The van der Waals surface area contributed by atoms with Gasteiger partial charge in [0, 0.05) is 12.8 Å². The maximum absolute atomic E-state index is 12.9. The Morgan fingerprint density at radius 1 is 0.667 bits per heavy atom. The highest BCUT2D eigenvalue weighted by Gasteiger charge is 2.31. The molecule has 0 aliphatic heterocycles. The molecular weight excluding hydrogens is 484 g/mol. The van der Waals surface area contributed by atoms with Crippen LogP contribution in [0.25, 0.3) is 0 Å². The van der Waals surface area contributed by atoms with E-state index in [9.17, 15) is 38.7 Å². The first kappa shape index (κ1) is 32.2. The molecule has 0 aliphatic rings. The van der Waals surface area contributed by atoms with Gasteiger partial charge in [-0.25, -0.2) is 4.79 Å². The minimum absolute atomic E-state index is 0.0399. The molecule has 0 aromatic carbocycles. The third-order valence-electron chi connectivity index (χ3n) is 4.89. The van der Waals surface area contributed by atoms with Gasteiger partial charge in [-0.2, -0.15) is 0 Å². The van der Waals surface area contributed by atoms with Crippen molar-refractivity contribution < 1.29 is 48.9 Å². The highest BCUT2D eigenvalue weighted by Crippen LogP contribution is 2.06. The highest BCUT2D eigenvalue weighted by atomic mass is 16.4. The van der Waals surface area contributed by atoms with Gasteiger partial charge in [0.15, 0.2) is 0 Å². The molecule has 4 amide bonds. The summed E-state index contributed by atoms with van der Waals surface area (Å²) in [6.45, 7) is 0.284. The summed E-state index contributed by atoms with van der Waals surface area (Å²) in [7, 11) is 0. The number of primary amides is 1. The molecule has 0 heterocycles. The van der Waals surface area contributed by atoms with Gasteiger partial charge in [-0.15, -0.1) is 0 Å². The van der Waals surface area contributed by atoms with Crippen LogP contribution in [-0.2, 0) is 33.6 Å². The summed E-state index contributed by atoms with van der Waals surface area (Å²) in [4.78, 5) is 82.0. The SMILES string of the molecule is NCCCCC(NC(=O)C(N)CCC(=O)O)C(=O)NC(CC(=O)O)C(=O)NC(CCC(N)=O)C(=O)O. The summed E-state index contributed by atoms with van der Waals surface area (Å²) in [5, 5.41) is 33.7. The van der Waals surface area contributed by atoms with Crippen molar-refractivity contribution in [2.45, 2.75) is 75.5 Å². The van der Waals surface area contributed by atoms with Crippen LogP contribution in [0.1, 0.15) is 51.4 Å². The number of nitrogens with one attached hydrogen (secondary N) is 3. The normalized spacial score (nSPS) is 13.9. The summed E-state index contributed by atoms with van der Waals surface area (Å²) in [6.07, 6.45) is -1.36. The predicted molar refractivity (Wildman–Crippen MR) is 122 cm³/mol. The van der Waals surface area contributed by atoms with E-state index < -0.39 is 72.1 Å². The first-order chi connectivity index (χ1) is 16.8. The Morgan fingerprint density at radius 2 is 1.22 bits per heavy atom. The average molecular weight is 519 g/mol. The van der Waals surface area contributed by atoms with E-state index in [2.05, 4.69) is 16.0 Å². The number of aliphatic carboxylic acids is 3. The zero-order valence-electron chi connectivity index (χ0n) is 19.6. The van der Waals surface area contributed by atoms with Gasteiger partial charge in [0.1, 0.15) is 18.1 Å². The summed E-state index contributed by atoms with van der Waals surface area (Å²) < 4.78 is 0. The lowest BCUT2D eigenvalue weighted by Crippen LogP contribution is -2.57. The number of hydrogen-bond acceptors (Lipinski definition) is 9. The lowest BCUT2D eigenvalue weighted by Gasteiger charge is -2.24. The van der Waals surface area contributed by atoms with E-state index in [1.165, 1.54) is 0 Å². The van der Waals surface area contributed by atoms with Crippen LogP contribution in [0.5, 0.6) is 0 Å². The van der Waals surface area contributed by atoms with Crippen molar-refractivity contribution >= 4 is 41.5 Å². The lowest BCUT2D eigenvalue weighted by atomic mass is 10.1. The molecular formula is C20H34N6O10. The van der Waals surface area contributed by atoms with Crippen LogP contribution < -0.4 is 33.2 Å². The summed E-state index contributed by atoms with van der Waals surface area (Å²) >= 11 is 0. The standard InChI is InChI=1S/C20H34N6O10/c21-8-2-1-3-11(24-17(32)10(22)4-7-15(28)29)18(33)26-13(9-16(30)31)19(34)25-12(20(35)36)5-6-14(23)27/h10-13H,1-9,21-22H2,(H2,23,27)(H,24,32)(H,25,34)(H,26,33)(H,28,29)(H,30,31)(H,35,36). The molecule has 0 rings (SSSR count). The zero-order chi connectivity index (χ0) is 27.8. The van der Waals surface area contributed by atoms with Gasteiger partial charge >= 0.3 is 17.9 Å². The van der Waals surface area contributed by atoms with Gasteiger partial charge in [-0.1, -0.05) is 0 Å². The minimum Gasteiger partial charge on any atom is -0.481 e. The molecule has 0 bridgehead atoms. The van der Waals surface area contributed by atoms with Crippen LogP contribution in [0, 0.1) is 0 Å². The Balaban J connectivity index is 5.52. The quantitative estimate of drug-likeness (QED) is 0.0755. The van der Waals surface area contributed by atoms with E-state index in [-0.39, 0.29) is 38.6 Å². The van der Waals surface area contributed by atoms with Crippen LogP contribution in [0.3, 0.4) is 0 Å². The molecule has 0 saturated carbocycles. The molecule has 36 heavy (non-hydrogen) atoms. The fourth-order valence-corrected chi connectivity index (χ4v) is 2.92. The third kappa shape index (κ3) is 13.8. The van der Waals surface area contributed by atoms with E-state index in [1.54, 1.807) is 0 Å². The second-order valence-electron chi connectivity index (χ2n) is 7.95. The number of nitrogens with two attached hydrogens (primary N) is 3. The van der Waals surface area contributed by atoms with Gasteiger partial charge in [0.05, 0.1) is 12.5 Å². The van der Waals surface area contributed by atoms with Crippen molar-refractivity contribution in [1.82, 2.24) is 16.0 Å². The van der Waals surface area contributed by atoms with E-state index in [1.807, 2.05) is 0 Å². The zero-order valence-corrected chi connectivity index (χ0v) is 19.6. The van der Waals surface area contributed by atoms with Crippen LogP contribution in [0.4, 0.5) is 0 Å². The van der Waals surface area contributed by atoms with Gasteiger partial charge in [0.2, 0.25) is 23.6 Å². The van der Waals surface area contributed by atoms with Crippen molar-refractivity contribution in [2.24, 2.45) is 17.2 Å². The largest absolute Gasteiger partial charge is 0.481 e. The maximum Gasteiger partial charge on any atom is 0.326 e. The van der Waals surface area contributed by atoms with Gasteiger partial charge < -0.3 is 48.5 Å². The highest BCUT2D eigenvalue weighted by molar-refractivity contribution is 5.95. The Bertz CT molecular complexity index is 821. The molecule has 0 spiro atoms. The second-order valence-corrected chi connectivity index (χ2v) is 7.95. The molecule has 0 fully saturated rings. The van der Waals surface area contributed by atoms with Crippen LogP contribution >= 0.6 is 0 Å². The minimum atomic E-state index is -1.72. The number of hydrogen-bond donors (Lipinski definition) is 9. The Kier molecular flexibility index (Phi) is 15.0. The molecule has 4 unspecified atom stereocenters. The van der Waals surface area contributed by atoms with Gasteiger partial charge in [0.25, 0.3) is 0 Å². The number of carbonyl (C=O) groups excluding carboxylic acids is 4. The molecule has 0 aromatic heterocycles. The second kappa shape index (κ2) is 16.8. The van der Waals surface area contributed by atoms with Crippen molar-refractivity contribution in [3.05, 3.63) is 0 Å². The van der Waals surface area contributed by atoms with Crippen LogP contribution in [0.15, 0.2) is 0 Å². The third-order valence-corrected chi connectivity index (χ3v) is 4.89. The molecule has 4 atom stereocenters. The molecule has 0 aromatic rings. The van der Waals surface area contributed by atoms with Crippen LogP contribution in [-0.4, -0.2) is 87.6 Å². The average Bonchev–Trinajstić information content (AvgIpc) is 2.77. The first-order valence-electron chi connectivity index (χ1n) is 11.1. The Hall–Kier alpha value is -3.79. The molecule has 16 nitrogen and oxygen atoms in total.